The lowest BCUT2D eigenvalue weighted by Crippen LogP contribution is -1.98. The van der Waals surface area contributed by atoms with E-state index in [2.05, 4.69) is 41.3 Å². The molecule has 1 aromatic carbocycles. The first kappa shape index (κ1) is 10.8. The molecule has 0 fully saturated rings. The molecule has 1 heterocycles. The molecule has 0 unspecified atom stereocenters. The van der Waals surface area contributed by atoms with Gasteiger partial charge in [-0.05, 0) is 18.9 Å². The van der Waals surface area contributed by atoms with E-state index in [4.69, 9.17) is 10.3 Å². The maximum absolute atomic E-state index is 5.40. The van der Waals surface area contributed by atoms with Crippen molar-refractivity contribution in [3.05, 3.63) is 47.1 Å². The third kappa shape index (κ3) is 2.67. The zero-order valence-electron chi connectivity index (χ0n) is 9.31. The predicted molar refractivity (Wildman–Crippen MR) is 60.8 cm³/mol. The molecule has 0 aliphatic carbocycles. The maximum Gasteiger partial charge on any atom is 0.227 e. The van der Waals surface area contributed by atoms with Gasteiger partial charge >= 0.3 is 0 Å². The zero-order valence-corrected chi connectivity index (χ0v) is 9.31. The Morgan fingerprint density at radius 3 is 2.56 bits per heavy atom. The molecular weight excluding hydrogens is 202 g/mol. The SMILES string of the molecule is Cc1ccc(CCc2nc(CN)no2)cc1. The van der Waals surface area contributed by atoms with Crippen LogP contribution >= 0.6 is 0 Å². The van der Waals surface area contributed by atoms with Crippen molar-refractivity contribution < 1.29 is 4.52 Å². The number of benzene rings is 1. The molecule has 1 aromatic heterocycles. The summed E-state index contributed by atoms with van der Waals surface area (Å²) in [6, 6.07) is 8.45. The monoisotopic (exact) mass is 217 g/mol. The van der Waals surface area contributed by atoms with Crippen molar-refractivity contribution in [1.82, 2.24) is 10.1 Å². The molecule has 0 aliphatic heterocycles. The van der Waals surface area contributed by atoms with Crippen LogP contribution in [0.2, 0.25) is 0 Å². The Bertz CT molecular complexity index is 448. The fourth-order valence-electron chi connectivity index (χ4n) is 1.48. The number of hydrogen-bond acceptors (Lipinski definition) is 4. The fraction of sp³-hybridized carbons (Fsp3) is 0.333. The van der Waals surface area contributed by atoms with E-state index in [-0.39, 0.29) is 0 Å². The van der Waals surface area contributed by atoms with E-state index in [1.807, 2.05) is 0 Å². The lowest BCUT2D eigenvalue weighted by Gasteiger charge is -1.98. The van der Waals surface area contributed by atoms with Gasteiger partial charge < -0.3 is 10.3 Å². The normalized spacial score (nSPS) is 10.6. The van der Waals surface area contributed by atoms with Gasteiger partial charge in [0.15, 0.2) is 5.82 Å². The first-order valence-electron chi connectivity index (χ1n) is 5.35. The molecular formula is C12H15N3O. The van der Waals surface area contributed by atoms with Gasteiger partial charge in [0.25, 0.3) is 0 Å². The summed E-state index contributed by atoms with van der Waals surface area (Å²) in [6.45, 7) is 2.41. The van der Waals surface area contributed by atoms with Crippen LogP contribution in [0.3, 0.4) is 0 Å². The van der Waals surface area contributed by atoms with Gasteiger partial charge in [-0.15, -0.1) is 0 Å². The smallest absolute Gasteiger partial charge is 0.227 e. The fourth-order valence-corrected chi connectivity index (χ4v) is 1.48. The number of aryl methyl sites for hydroxylation is 3. The molecule has 0 bridgehead atoms. The van der Waals surface area contributed by atoms with Crippen LogP contribution < -0.4 is 5.73 Å². The minimum absolute atomic E-state index is 0.327. The summed E-state index contributed by atoms with van der Waals surface area (Å²) >= 11 is 0. The van der Waals surface area contributed by atoms with Crippen molar-refractivity contribution in [2.24, 2.45) is 5.73 Å². The molecule has 2 aromatic rings. The van der Waals surface area contributed by atoms with Gasteiger partial charge in [0.2, 0.25) is 5.89 Å². The van der Waals surface area contributed by atoms with Crippen molar-refractivity contribution in [3.63, 3.8) is 0 Å². The second kappa shape index (κ2) is 4.90. The van der Waals surface area contributed by atoms with Gasteiger partial charge in [-0.2, -0.15) is 4.98 Å². The number of aromatic nitrogens is 2. The quantitative estimate of drug-likeness (QED) is 0.845. The van der Waals surface area contributed by atoms with E-state index < -0.39 is 0 Å². The molecule has 0 radical (unpaired) electrons. The van der Waals surface area contributed by atoms with Crippen molar-refractivity contribution in [2.45, 2.75) is 26.3 Å². The number of nitrogens with two attached hydrogens (primary N) is 1. The van der Waals surface area contributed by atoms with Crippen molar-refractivity contribution >= 4 is 0 Å². The average Bonchev–Trinajstić information content (AvgIpc) is 2.76. The van der Waals surface area contributed by atoms with E-state index in [0.717, 1.165) is 12.8 Å². The summed E-state index contributed by atoms with van der Waals surface area (Å²) in [6.07, 6.45) is 1.67. The molecule has 0 atom stereocenters. The topological polar surface area (TPSA) is 64.9 Å². The van der Waals surface area contributed by atoms with Gasteiger partial charge in [-0.1, -0.05) is 35.0 Å². The van der Waals surface area contributed by atoms with Crippen LogP contribution in [0, 0.1) is 6.92 Å². The van der Waals surface area contributed by atoms with Crippen LogP contribution in [0.5, 0.6) is 0 Å². The van der Waals surface area contributed by atoms with E-state index in [9.17, 15) is 0 Å². The largest absolute Gasteiger partial charge is 0.339 e. The van der Waals surface area contributed by atoms with Gasteiger partial charge in [0.1, 0.15) is 0 Å². The number of hydrogen-bond donors (Lipinski definition) is 1. The second-order valence-electron chi connectivity index (χ2n) is 3.79. The molecule has 16 heavy (non-hydrogen) atoms. The highest BCUT2D eigenvalue weighted by molar-refractivity contribution is 5.21. The summed E-state index contributed by atoms with van der Waals surface area (Å²) in [4.78, 5) is 4.16. The summed E-state index contributed by atoms with van der Waals surface area (Å²) < 4.78 is 5.06. The summed E-state index contributed by atoms with van der Waals surface area (Å²) in [5.74, 6) is 1.22. The Labute approximate surface area is 94.5 Å². The van der Waals surface area contributed by atoms with Gasteiger partial charge in [-0.25, -0.2) is 0 Å². The molecule has 4 nitrogen and oxygen atoms in total. The molecule has 0 spiro atoms. The van der Waals surface area contributed by atoms with Crippen LogP contribution in [-0.4, -0.2) is 10.1 Å². The maximum atomic E-state index is 5.40. The first-order valence-corrected chi connectivity index (χ1v) is 5.35. The Morgan fingerprint density at radius 1 is 1.19 bits per heavy atom. The Kier molecular flexibility index (Phi) is 3.31. The van der Waals surface area contributed by atoms with Crippen molar-refractivity contribution in [2.75, 3.05) is 0 Å². The molecule has 0 aliphatic rings. The van der Waals surface area contributed by atoms with Crippen LogP contribution in [0.15, 0.2) is 28.8 Å². The molecule has 84 valence electrons. The summed E-state index contributed by atoms with van der Waals surface area (Å²) in [5, 5.41) is 3.75. The molecule has 0 saturated carbocycles. The minimum atomic E-state index is 0.327. The van der Waals surface area contributed by atoms with Crippen LogP contribution in [0.4, 0.5) is 0 Å². The average molecular weight is 217 g/mol. The third-order valence-electron chi connectivity index (χ3n) is 2.44. The molecule has 2 N–H and O–H groups in total. The van der Waals surface area contributed by atoms with Gasteiger partial charge in [0, 0.05) is 6.42 Å². The standard InChI is InChI=1S/C12H15N3O/c1-9-2-4-10(5-3-9)6-7-12-14-11(8-13)15-16-12/h2-5H,6-8,13H2,1H3. The number of rotatable bonds is 4. The Hall–Kier alpha value is -1.68. The highest BCUT2D eigenvalue weighted by atomic mass is 16.5. The molecule has 0 saturated heterocycles. The molecule has 4 heteroatoms. The first-order chi connectivity index (χ1) is 7.78. The van der Waals surface area contributed by atoms with Crippen LogP contribution in [0.25, 0.3) is 0 Å². The third-order valence-corrected chi connectivity index (χ3v) is 2.44. The Balaban J connectivity index is 1.94. The van der Waals surface area contributed by atoms with E-state index in [1.165, 1.54) is 11.1 Å². The van der Waals surface area contributed by atoms with E-state index in [1.54, 1.807) is 0 Å². The summed E-state index contributed by atoms with van der Waals surface area (Å²) in [7, 11) is 0. The lowest BCUT2D eigenvalue weighted by molar-refractivity contribution is 0.373. The Morgan fingerprint density at radius 2 is 1.94 bits per heavy atom. The molecule has 0 amide bonds. The van der Waals surface area contributed by atoms with E-state index >= 15 is 0 Å². The second-order valence-corrected chi connectivity index (χ2v) is 3.79. The van der Waals surface area contributed by atoms with Crippen molar-refractivity contribution in [3.8, 4) is 0 Å². The van der Waals surface area contributed by atoms with Gasteiger partial charge in [0.05, 0.1) is 6.54 Å². The van der Waals surface area contributed by atoms with E-state index in [0.29, 0.717) is 18.3 Å². The number of nitrogens with zero attached hydrogens (tertiary/aromatic N) is 2. The predicted octanol–water partition coefficient (Wildman–Crippen LogP) is 1.62. The lowest BCUT2D eigenvalue weighted by atomic mass is 10.1. The minimum Gasteiger partial charge on any atom is -0.339 e. The van der Waals surface area contributed by atoms with Crippen molar-refractivity contribution in [1.29, 1.82) is 0 Å². The molecule has 2 rings (SSSR count). The van der Waals surface area contributed by atoms with Crippen LogP contribution in [-0.2, 0) is 19.4 Å². The van der Waals surface area contributed by atoms with Crippen LogP contribution in [0.1, 0.15) is 22.8 Å². The highest BCUT2D eigenvalue weighted by Gasteiger charge is 2.04. The summed E-state index contributed by atoms with van der Waals surface area (Å²) in [5.41, 5.74) is 7.95. The highest BCUT2D eigenvalue weighted by Crippen LogP contribution is 2.07. The zero-order chi connectivity index (χ0) is 11.4. The van der Waals surface area contributed by atoms with Gasteiger partial charge in [-0.3, -0.25) is 0 Å².